The van der Waals surface area contributed by atoms with Crippen LogP contribution in [0.15, 0.2) is 58.1 Å². The van der Waals surface area contributed by atoms with Crippen LogP contribution in [-0.2, 0) is 13.1 Å². The Bertz CT molecular complexity index is 1080. The van der Waals surface area contributed by atoms with Gasteiger partial charge in [-0.25, -0.2) is 4.79 Å². The zero-order valence-corrected chi connectivity index (χ0v) is 15.7. The van der Waals surface area contributed by atoms with Gasteiger partial charge in [-0.3, -0.25) is 14.2 Å². The number of rotatable bonds is 5. The van der Waals surface area contributed by atoms with Crippen LogP contribution in [0.2, 0.25) is 0 Å². The van der Waals surface area contributed by atoms with Gasteiger partial charge >= 0.3 is 5.69 Å². The molecule has 1 N–H and O–H groups in total. The Balaban J connectivity index is 2.01. The summed E-state index contributed by atoms with van der Waals surface area (Å²) in [6.07, 6.45) is 0. The van der Waals surface area contributed by atoms with Crippen molar-refractivity contribution < 1.29 is 4.79 Å². The van der Waals surface area contributed by atoms with E-state index in [9.17, 15) is 14.4 Å². The molecule has 0 aliphatic carbocycles. The summed E-state index contributed by atoms with van der Waals surface area (Å²) in [4.78, 5) is 42.0. The molecule has 0 bridgehead atoms. The minimum Gasteiger partial charge on any atom is -0.332 e. The van der Waals surface area contributed by atoms with Crippen LogP contribution >= 0.6 is 0 Å². The molecule has 0 saturated carbocycles. The van der Waals surface area contributed by atoms with E-state index in [2.05, 4.69) is 4.98 Å². The molecular weight excluding hydrogens is 342 g/mol. The fraction of sp³-hybridized carbons (Fsp3) is 0.286. The van der Waals surface area contributed by atoms with E-state index < -0.39 is 5.69 Å². The number of hydrogen-bond donors (Lipinski definition) is 1. The van der Waals surface area contributed by atoms with E-state index in [4.69, 9.17) is 0 Å². The Kier molecular flexibility index (Phi) is 5.26. The van der Waals surface area contributed by atoms with Crippen molar-refractivity contribution in [2.24, 2.45) is 0 Å². The fourth-order valence-electron chi connectivity index (χ4n) is 3.11. The van der Waals surface area contributed by atoms with Gasteiger partial charge in [0, 0.05) is 24.7 Å². The van der Waals surface area contributed by atoms with Crippen molar-refractivity contribution >= 4 is 16.8 Å². The predicted octanol–water partition coefficient (Wildman–Crippen LogP) is 2.76. The summed E-state index contributed by atoms with van der Waals surface area (Å²) in [6, 6.07) is 14.6. The Labute approximate surface area is 157 Å². The number of hydrogen-bond acceptors (Lipinski definition) is 3. The van der Waals surface area contributed by atoms with Gasteiger partial charge in [0.2, 0.25) is 0 Å². The number of fused-ring (bicyclic) bond motifs is 1. The molecule has 6 heteroatoms. The van der Waals surface area contributed by atoms with Crippen LogP contribution < -0.4 is 11.2 Å². The molecule has 0 saturated heterocycles. The molecule has 3 rings (SSSR count). The Morgan fingerprint density at radius 1 is 1.11 bits per heavy atom. The van der Waals surface area contributed by atoms with Gasteiger partial charge in [0.1, 0.15) is 0 Å². The maximum atomic E-state index is 13.1. The summed E-state index contributed by atoms with van der Waals surface area (Å²) in [7, 11) is 0. The van der Waals surface area contributed by atoms with Crippen molar-refractivity contribution in [3.05, 3.63) is 80.5 Å². The van der Waals surface area contributed by atoms with E-state index >= 15 is 0 Å². The third kappa shape index (κ3) is 3.69. The molecule has 1 aromatic heterocycles. The van der Waals surface area contributed by atoms with Crippen molar-refractivity contribution in [3.63, 3.8) is 0 Å². The van der Waals surface area contributed by atoms with Crippen LogP contribution in [0, 0.1) is 0 Å². The Hall–Kier alpha value is -3.15. The molecule has 0 radical (unpaired) electrons. The number of nitrogens with one attached hydrogen (secondary N) is 1. The second kappa shape index (κ2) is 7.61. The number of carbonyl (C=O) groups is 1. The summed E-state index contributed by atoms with van der Waals surface area (Å²) < 4.78 is 1.14. The largest absolute Gasteiger partial charge is 0.332 e. The molecule has 0 unspecified atom stereocenters. The number of carbonyl (C=O) groups excluding carboxylic acids is 1. The molecule has 6 nitrogen and oxygen atoms in total. The topological polar surface area (TPSA) is 75.2 Å². The summed E-state index contributed by atoms with van der Waals surface area (Å²) in [5.74, 6) is -0.142. The van der Waals surface area contributed by atoms with Crippen molar-refractivity contribution in [1.82, 2.24) is 14.5 Å². The van der Waals surface area contributed by atoms with Crippen molar-refractivity contribution in [3.8, 4) is 0 Å². The Morgan fingerprint density at radius 2 is 1.81 bits per heavy atom. The van der Waals surface area contributed by atoms with E-state index in [1.165, 1.54) is 0 Å². The average Bonchev–Trinajstić information content (AvgIpc) is 2.66. The second-order valence-corrected chi connectivity index (χ2v) is 6.75. The molecule has 140 valence electrons. The lowest BCUT2D eigenvalue weighted by Crippen LogP contribution is -2.37. The van der Waals surface area contributed by atoms with Crippen LogP contribution in [0.3, 0.4) is 0 Å². The first-order valence-corrected chi connectivity index (χ1v) is 9.04. The van der Waals surface area contributed by atoms with Gasteiger partial charge in [0.15, 0.2) is 0 Å². The lowest BCUT2D eigenvalue weighted by Gasteiger charge is -2.27. The van der Waals surface area contributed by atoms with E-state index in [0.717, 1.165) is 10.1 Å². The summed E-state index contributed by atoms with van der Waals surface area (Å²) >= 11 is 0. The van der Waals surface area contributed by atoms with Crippen LogP contribution in [0.4, 0.5) is 0 Å². The lowest BCUT2D eigenvalue weighted by atomic mass is 10.1. The maximum absolute atomic E-state index is 13.1. The molecule has 0 atom stereocenters. The number of H-pyrrole nitrogens is 1. The minimum absolute atomic E-state index is 0.000504. The standard InChI is InChI=1S/C21H23N3O3/c1-4-23-20(26)17-11-10-16(12-18(17)22-21(23)27)19(25)24(14(2)3)13-15-8-6-5-7-9-15/h5-12,14H,4,13H2,1-3H3,(H,22,27). The predicted molar refractivity (Wildman–Crippen MR) is 106 cm³/mol. The maximum Gasteiger partial charge on any atom is 0.328 e. The molecule has 27 heavy (non-hydrogen) atoms. The van der Waals surface area contributed by atoms with E-state index in [-0.39, 0.29) is 17.5 Å². The Morgan fingerprint density at radius 3 is 2.44 bits per heavy atom. The van der Waals surface area contributed by atoms with Crippen molar-refractivity contribution in [2.45, 2.75) is 39.9 Å². The zero-order chi connectivity index (χ0) is 19.6. The van der Waals surface area contributed by atoms with Gasteiger partial charge in [-0.05, 0) is 44.5 Å². The number of benzene rings is 2. The SMILES string of the molecule is CCn1c(=O)[nH]c2cc(C(=O)N(Cc3ccccc3)C(C)C)ccc2c1=O. The highest BCUT2D eigenvalue weighted by Gasteiger charge is 2.20. The quantitative estimate of drug-likeness (QED) is 0.755. The average molecular weight is 365 g/mol. The van der Waals surface area contributed by atoms with Crippen molar-refractivity contribution in [1.29, 1.82) is 0 Å². The number of aromatic nitrogens is 2. The van der Waals surface area contributed by atoms with Crippen LogP contribution in [0.1, 0.15) is 36.7 Å². The summed E-state index contributed by atoms with van der Waals surface area (Å²) in [6.45, 7) is 6.45. The smallest absolute Gasteiger partial charge is 0.328 e. The highest BCUT2D eigenvalue weighted by molar-refractivity contribution is 5.97. The molecular formula is C21H23N3O3. The number of aromatic amines is 1. The van der Waals surface area contributed by atoms with E-state index in [0.29, 0.717) is 29.6 Å². The first-order valence-electron chi connectivity index (χ1n) is 9.04. The minimum atomic E-state index is -0.468. The molecule has 1 heterocycles. The molecule has 2 aromatic carbocycles. The van der Waals surface area contributed by atoms with Crippen LogP contribution in [0.5, 0.6) is 0 Å². The number of nitrogens with zero attached hydrogens (tertiary/aromatic N) is 2. The highest BCUT2D eigenvalue weighted by atomic mass is 16.2. The molecule has 0 fully saturated rings. The highest BCUT2D eigenvalue weighted by Crippen LogP contribution is 2.16. The third-order valence-electron chi connectivity index (χ3n) is 4.63. The monoisotopic (exact) mass is 365 g/mol. The van der Waals surface area contributed by atoms with Crippen LogP contribution in [-0.4, -0.2) is 26.4 Å². The number of amides is 1. The summed E-state index contributed by atoms with van der Waals surface area (Å²) in [5, 5.41) is 0.396. The van der Waals surface area contributed by atoms with E-state index in [1.54, 1.807) is 30.0 Å². The first-order chi connectivity index (χ1) is 12.9. The second-order valence-electron chi connectivity index (χ2n) is 6.75. The van der Waals surface area contributed by atoms with Crippen LogP contribution in [0.25, 0.3) is 10.9 Å². The molecule has 3 aromatic rings. The molecule has 0 aliphatic rings. The third-order valence-corrected chi connectivity index (χ3v) is 4.63. The molecule has 1 amide bonds. The van der Waals surface area contributed by atoms with Gasteiger partial charge in [-0.15, -0.1) is 0 Å². The first kappa shape index (κ1) is 18.6. The molecule has 0 aliphatic heterocycles. The molecule has 0 spiro atoms. The lowest BCUT2D eigenvalue weighted by molar-refractivity contribution is 0.0690. The van der Waals surface area contributed by atoms with Gasteiger partial charge in [-0.2, -0.15) is 0 Å². The fourth-order valence-corrected chi connectivity index (χ4v) is 3.11. The van der Waals surface area contributed by atoms with Gasteiger partial charge in [0.05, 0.1) is 10.9 Å². The van der Waals surface area contributed by atoms with Crippen molar-refractivity contribution in [2.75, 3.05) is 0 Å². The zero-order valence-electron chi connectivity index (χ0n) is 15.7. The van der Waals surface area contributed by atoms with Gasteiger partial charge < -0.3 is 9.88 Å². The summed E-state index contributed by atoms with van der Waals surface area (Å²) in [5.41, 5.74) is 1.05. The van der Waals surface area contributed by atoms with Gasteiger partial charge in [0.25, 0.3) is 11.5 Å². The van der Waals surface area contributed by atoms with Gasteiger partial charge in [-0.1, -0.05) is 30.3 Å². The van der Waals surface area contributed by atoms with E-state index in [1.807, 2.05) is 44.2 Å². The normalized spacial score (nSPS) is 11.1.